The Balaban J connectivity index is 1.56. The van der Waals surface area contributed by atoms with Crippen LogP contribution >= 0.6 is 11.6 Å². The second-order valence-electron chi connectivity index (χ2n) is 5.62. The Bertz CT molecular complexity index is 900. The molecular formula is C20H18ClN3O2. The van der Waals surface area contributed by atoms with Gasteiger partial charge in [-0.2, -0.15) is 5.10 Å². The zero-order valence-corrected chi connectivity index (χ0v) is 15.0. The first-order valence-electron chi connectivity index (χ1n) is 8.03. The molecule has 26 heavy (non-hydrogen) atoms. The minimum absolute atomic E-state index is 0.238. The molecule has 0 aliphatic heterocycles. The quantitative estimate of drug-likeness (QED) is 0.663. The summed E-state index contributed by atoms with van der Waals surface area (Å²) in [5.41, 5.74) is 1.99. The first-order valence-corrected chi connectivity index (χ1v) is 8.41. The zero-order valence-electron chi connectivity index (χ0n) is 14.2. The molecule has 1 N–H and O–H groups in total. The number of nitrogens with zero attached hydrogens (tertiary/aromatic N) is 2. The molecule has 6 heteroatoms. The number of hydrogen-bond donors (Lipinski definition) is 1. The van der Waals surface area contributed by atoms with Crippen molar-refractivity contribution in [2.45, 2.75) is 6.54 Å². The van der Waals surface area contributed by atoms with E-state index in [1.807, 2.05) is 54.7 Å². The molecule has 0 saturated carbocycles. The maximum Gasteiger partial charge on any atom is 0.249 e. The lowest BCUT2D eigenvalue weighted by Gasteiger charge is -2.02. The summed E-state index contributed by atoms with van der Waals surface area (Å²) in [6.45, 7) is 0.606. The highest BCUT2D eigenvalue weighted by Crippen LogP contribution is 2.13. The van der Waals surface area contributed by atoms with E-state index in [0.29, 0.717) is 17.4 Å². The lowest BCUT2D eigenvalue weighted by atomic mass is 10.2. The molecule has 5 nitrogen and oxygen atoms in total. The lowest BCUT2D eigenvalue weighted by Crippen LogP contribution is -2.09. The molecule has 132 valence electrons. The van der Waals surface area contributed by atoms with Gasteiger partial charge in [-0.25, -0.2) is 0 Å². The number of anilines is 1. The Morgan fingerprint density at radius 3 is 2.58 bits per heavy atom. The molecule has 0 aliphatic carbocycles. The highest BCUT2D eigenvalue weighted by molar-refractivity contribution is 6.30. The number of aromatic nitrogens is 2. The highest BCUT2D eigenvalue weighted by atomic mass is 35.5. The van der Waals surface area contributed by atoms with E-state index in [2.05, 4.69) is 10.4 Å². The fourth-order valence-electron chi connectivity index (χ4n) is 2.35. The van der Waals surface area contributed by atoms with Gasteiger partial charge in [-0.1, -0.05) is 35.9 Å². The predicted octanol–water partition coefficient (Wildman–Crippen LogP) is 4.25. The minimum Gasteiger partial charge on any atom is -0.497 e. The monoisotopic (exact) mass is 367 g/mol. The SMILES string of the molecule is COc1ccc(/C=C/C(=O)Nc2ccn(Cc3ccc(Cl)cc3)n2)cc1. The summed E-state index contributed by atoms with van der Waals surface area (Å²) in [5.74, 6) is 1.04. The molecule has 1 aromatic heterocycles. The van der Waals surface area contributed by atoms with Gasteiger partial charge < -0.3 is 10.1 Å². The number of benzene rings is 2. The second-order valence-corrected chi connectivity index (χ2v) is 6.06. The standard InChI is InChI=1S/C20H18ClN3O2/c1-26-18-9-4-15(5-10-18)6-11-20(25)22-19-12-13-24(23-19)14-16-2-7-17(21)8-3-16/h2-13H,14H2,1H3,(H,22,23,25)/b11-6+. The smallest absolute Gasteiger partial charge is 0.249 e. The van der Waals surface area contributed by atoms with Crippen molar-refractivity contribution in [1.82, 2.24) is 9.78 Å². The van der Waals surface area contributed by atoms with Gasteiger partial charge in [-0.05, 0) is 41.5 Å². The maximum absolute atomic E-state index is 12.0. The molecule has 0 fully saturated rings. The third-order valence-electron chi connectivity index (χ3n) is 3.69. The number of methoxy groups -OCH3 is 1. The van der Waals surface area contributed by atoms with Crippen molar-refractivity contribution in [3.8, 4) is 5.75 Å². The molecule has 0 atom stereocenters. The largest absolute Gasteiger partial charge is 0.497 e. The highest BCUT2D eigenvalue weighted by Gasteiger charge is 2.03. The minimum atomic E-state index is -0.238. The number of ether oxygens (including phenoxy) is 1. The van der Waals surface area contributed by atoms with E-state index in [1.165, 1.54) is 6.08 Å². The normalized spacial score (nSPS) is 10.8. The van der Waals surface area contributed by atoms with Crippen LogP contribution in [0.1, 0.15) is 11.1 Å². The van der Waals surface area contributed by atoms with E-state index in [9.17, 15) is 4.79 Å². The van der Waals surface area contributed by atoms with E-state index in [0.717, 1.165) is 16.9 Å². The number of carbonyl (C=O) groups is 1. The molecule has 1 amide bonds. The first-order chi connectivity index (χ1) is 12.6. The molecule has 0 radical (unpaired) electrons. The summed E-state index contributed by atoms with van der Waals surface area (Å²) in [6.07, 6.45) is 5.02. The van der Waals surface area contributed by atoms with Crippen LogP contribution in [0.15, 0.2) is 66.9 Å². The van der Waals surface area contributed by atoms with Crippen molar-refractivity contribution in [3.05, 3.63) is 83.0 Å². The summed E-state index contributed by atoms with van der Waals surface area (Å²) in [4.78, 5) is 12.0. The fourth-order valence-corrected chi connectivity index (χ4v) is 2.47. The van der Waals surface area contributed by atoms with Crippen LogP contribution in [0.5, 0.6) is 5.75 Å². The van der Waals surface area contributed by atoms with Gasteiger partial charge in [0.15, 0.2) is 5.82 Å². The van der Waals surface area contributed by atoms with E-state index in [4.69, 9.17) is 16.3 Å². The zero-order chi connectivity index (χ0) is 18.4. The molecule has 0 aliphatic rings. The van der Waals surface area contributed by atoms with Crippen molar-refractivity contribution in [2.24, 2.45) is 0 Å². The first kappa shape index (κ1) is 17.8. The molecule has 0 saturated heterocycles. The molecule has 0 spiro atoms. The second kappa shape index (κ2) is 8.36. The molecule has 2 aromatic carbocycles. The molecule has 3 aromatic rings. The number of rotatable bonds is 6. The van der Waals surface area contributed by atoms with E-state index in [-0.39, 0.29) is 5.91 Å². The average molecular weight is 368 g/mol. The molecular weight excluding hydrogens is 350 g/mol. The van der Waals surface area contributed by atoms with Crippen LogP contribution in [0.25, 0.3) is 6.08 Å². The molecule has 1 heterocycles. The Hall–Kier alpha value is -3.05. The van der Waals surface area contributed by atoms with Crippen molar-refractivity contribution >= 4 is 29.4 Å². The van der Waals surface area contributed by atoms with Crippen LogP contribution < -0.4 is 10.1 Å². The Labute approximate surface area is 156 Å². The van der Waals surface area contributed by atoms with Gasteiger partial charge in [0, 0.05) is 23.4 Å². The molecule has 3 rings (SSSR count). The van der Waals surface area contributed by atoms with Crippen LogP contribution in [0, 0.1) is 0 Å². The van der Waals surface area contributed by atoms with Crippen molar-refractivity contribution in [1.29, 1.82) is 0 Å². The third kappa shape index (κ3) is 4.97. The van der Waals surface area contributed by atoms with Gasteiger partial charge in [0.25, 0.3) is 0 Å². The summed E-state index contributed by atoms with van der Waals surface area (Å²) in [6, 6.07) is 16.8. The Kier molecular flexibility index (Phi) is 5.71. The van der Waals surface area contributed by atoms with E-state index >= 15 is 0 Å². The Morgan fingerprint density at radius 1 is 1.15 bits per heavy atom. The lowest BCUT2D eigenvalue weighted by molar-refractivity contribution is -0.111. The van der Waals surface area contributed by atoms with E-state index < -0.39 is 0 Å². The summed E-state index contributed by atoms with van der Waals surface area (Å²) < 4.78 is 6.86. The van der Waals surface area contributed by atoms with Gasteiger partial charge in [-0.15, -0.1) is 0 Å². The predicted molar refractivity (Wildman–Crippen MR) is 103 cm³/mol. The van der Waals surface area contributed by atoms with E-state index in [1.54, 1.807) is 23.9 Å². The van der Waals surface area contributed by atoms with Crippen molar-refractivity contribution in [2.75, 3.05) is 12.4 Å². The van der Waals surface area contributed by atoms with Crippen molar-refractivity contribution < 1.29 is 9.53 Å². The fraction of sp³-hybridized carbons (Fsp3) is 0.100. The van der Waals surface area contributed by atoms with Crippen LogP contribution in [0.4, 0.5) is 5.82 Å². The molecule has 0 unspecified atom stereocenters. The van der Waals surface area contributed by atoms with Gasteiger partial charge in [0.1, 0.15) is 5.75 Å². The maximum atomic E-state index is 12.0. The summed E-state index contributed by atoms with van der Waals surface area (Å²) >= 11 is 5.88. The van der Waals surface area contributed by atoms with Crippen LogP contribution in [-0.2, 0) is 11.3 Å². The molecule has 0 bridgehead atoms. The number of amides is 1. The van der Waals surface area contributed by atoms with Crippen LogP contribution in [-0.4, -0.2) is 22.8 Å². The van der Waals surface area contributed by atoms with Crippen LogP contribution in [0.2, 0.25) is 5.02 Å². The number of nitrogens with one attached hydrogen (secondary N) is 1. The van der Waals surface area contributed by atoms with Gasteiger partial charge in [-0.3, -0.25) is 9.48 Å². The average Bonchev–Trinajstić information content (AvgIpc) is 3.09. The van der Waals surface area contributed by atoms with Crippen LogP contribution in [0.3, 0.4) is 0 Å². The third-order valence-corrected chi connectivity index (χ3v) is 3.94. The van der Waals surface area contributed by atoms with Gasteiger partial charge >= 0.3 is 0 Å². The van der Waals surface area contributed by atoms with Gasteiger partial charge in [0.2, 0.25) is 5.91 Å². The van der Waals surface area contributed by atoms with Gasteiger partial charge in [0.05, 0.1) is 13.7 Å². The topological polar surface area (TPSA) is 56.1 Å². The number of halogens is 1. The number of hydrogen-bond acceptors (Lipinski definition) is 3. The summed E-state index contributed by atoms with van der Waals surface area (Å²) in [5, 5.41) is 7.79. The Morgan fingerprint density at radius 2 is 1.88 bits per heavy atom. The summed E-state index contributed by atoms with van der Waals surface area (Å²) in [7, 11) is 1.62. The number of carbonyl (C=O) groups excluding carboxylic acids is 1. The van der Waals surface area contributed by atoms with Crippen molar-refractivity contribution in [3.63, 3.8) is 0 Å².